The van der Waals surface area contributed by atoms with Crippen molar-refractivity contribution in [1.82, 2.24) is 9.97 Å². The number of carbonyl (C=O) groups is 2. The first-order valence-electron chi connectivity index (χ1n) is 4.12. The molecule has 15 heavy (non-hydrogen) atoms. The van der Waals surface area contributed by atoms with Crippen LogP contribution in [0.15, 0.2) is 12.5 Å². The Morgan fingerprint density at radius 2 is 1.93 bits per heavy atom. The summed E-state index contributed by atoms with van der Waals surface area (Å²) in [7, 11) is 0. The Hall–Kier alpha value is -1.89. The summed E-state index contributed by atoms with van der Waals surface area (Å²) in [6, 6.07) is 0. The highest BCUT2D eigenvalue weighted by atomic mass is 16.4. The average molecular weight is 216 g/mol. The molecular formula is C8H12N2O5. The second-order valence-corrected chi connectivity index (χ2v) is 2.50. The van der Waals surface area contributed by atoms with E-state index in [9.17, 15) is 0 Å². The van der Waals surface area contributed by atoms with Gasteiger partial charge in [0.2, 0.25) is 0 Å². The van der Waals surface area contributed by atoms with Crippen molar-refractivity contribution in [2.45, 2.75) is 12.8 Å². The fourth-order valence-corrected chi connectivity index (χ4v) is 0.688. The molecule has 0 fully saturated rings. The molecule has 7 nitrogen and oxygen atoms in total. The van der Waals surface area contributed by atoms with Gasteiger partial charge in [-0.05, 0) is 12.8 Å². The van der Waals surface area contributed by atoms with Crippen molar-refractivity contribution in [3.05, 3.63) is 18.2 Å². The van der Waals surface area contributed by atoms with Gasteiger partial charge in [-0.2, -0.15) is 0 Å². The number of nitrogens with zero attached hydrogens (tertiary/aromatic N) is 1. The van der Waals surface area contributed by atoms with E-state index in [0.717, 1.165) is 18.5 Å². The first-order chi connectivity index (χ1) is 7.07. The smallest absolute Gasteiger partial charge is 0.414 e. The van der Waals surface area contributed by atoms with Gasteiger partial charge < -0.3 is 20.3 Å². The predicted octanol–water partition coefficient (Wildman–Crippen LogP) is -0.510. The average Bonchev–Trinajstić information content (AvgIpc) is 2.68. The number of carboxylic acids is 2. The van der Waals surface area contributed by atoms with Gasteiger partial charge in [0.15, 0.2) is 0 Å². The van der Waals surface area contributed by atoms with Gasteiger partial charge in [-0.3, -0.25) is 0 Å². The number of aliphatic carboxylic acids is 2. The summed E-state index contributed by atoms with van der Waals surface area (Å²) in [5.74, 6) is -3.65. The molecule has 1 aromatic heterocycles. The molecule has 0 aliphatic rings. The maximum atomic E-state index is 9.10. The quantitative estimate of drug-likeness (QED) is 0.504. The molecule has 0 atom stereocenters. The van der Waals surface area contributed by atoms with E-state index < -0.39 is 11.9 Å². The minimum Gasteiger partial charge on any atom is -0.473 e. The largest absolute Gasteiger partial charge is 0.473 e. The van der Waals surface area contributed by atoms with Crippen molar-refractivity contribution < 1.29 is 24.9 Å². The number of aliphatic hydroxyl groups is 1. The first kappa shape index (κ1) is 13.1. The summed E-state index contributed by atoms with van der Waals surface area (Å²) in [5.41, 5.74) is 1.02. The molecule has 4 N–H and O–H groups in total. The van der Waals surface area contributed by atoms with Crippen molar-refractivity contribution in [1.29, 1.82) is 0 Å². The number of aryl methyl sites for hydroxylation is 1. The minimum atomic E-state index is -1.82. The molecule has 0 aliphatic heterocycles. The summed E-state index contributed by atoms with van der Waals surface area (Å²) >= 11 is 0. The van der Waals surface area contributed by atoms with Crippen molar-refractivity contribution >= 4 is 11.9 Å². The molecule has 1 rings (SSSR count). The molecule has 0 radical (unpaired) electrons. The molecule has 1 aromatic rings. The summed E-state index contributed by atoms with van der Waals surface area (Å²) < 4.78 is 0. The number of aliphatic hydroxyl groups excluding tert-OH is 1. The van der Waals surface area contributed by atoms with Crippen molar-refractivity contribution in [3.8, 4) is 0 Å². The summed E-state index contributed by atoms with van der Waals surface area (Å²) in [6.45, 7) is 0.243. The van der Waals surface area contributed by atoms with E-state index in [-0.39, 0.29) is 6.61 Å². The molecule has 0 bridgehead atoms. The van der Waals surface area contributed by atoms with Crippen molar-refractivity contribution in [3.63, 3.8) is 0 Å². The van der Waals surface area contributed by atoms with Crippen LogP contribution in [0.1, 0.15) is 12.1 Å². The zero-order valence-electron chi connectivity index (χ0n) is 7.88. The van der Waals surface area contributed by atoms with E-state index in [0.29, 0.717) is 0 Å². The maximum Gasteiger partial charge on any atom is 0.414 e. The molecule has 0 saturated carbocycles. The number of nitrogens with one attached hydrogen (secondary N) is 1. The van der Waals surface area contributed by atoms with Gasteiger partial charge in [0.25, 0.3) is 0 Å². The molecule has 7 heteroatoms. The zero-order valence-corrected chi connectivity index (χ0v) is 7.88. The normalized spacial score (nSPS) is 8.87. The van der Waals surface area contributed by atoms with E-state index in [1.54, 1.807) is 6.33 Å². The highest BCUT2D eigenvalue weighted by molar-refractivity contribution is 6.27. The van der Waals surface area contributed by atoms with Crippen LogP contribution in [-0.4, -0.2) is 43.8 Å². The molecule has 0 spiro atoms. The summed E-state index contributed by atoms with van der Waals surface area (Å²) in [5, 5.41) is 23.2. The number of H-pyrrole nitrogens is 1. The number of aromatic amines is 1. The molecular weight excluding hydrogens is 204 g/mol. The van der Waals surface area contributed by atoms with Gasteiger partial charge in [0.05, 0.1) is 12.0 Å². The summed E-state index contributed by atoms with van der Waals surface area (Å²) in [4.78, 5) is 25.0. The number of hydrogen-bond acceptors (Lipinski definition) is 4. The lowest BCUT2D eigenvalue weighted by Gasteiger charge is -1.89. The molecule has 0 saturated heterocycles. The van der Waals surface area contributed by atoms with Crippen LogP contribution in [-0.2, 0) is 16.0 Å². The van der Waals surface area contributed by atoms with Gasteiger partial charge in [0, 0.05) is 12.8 Å². The lowest BCUT2D eigenvalue weighted by atomic mass is 10.3. The number of aromatic nitrogens is 2. The van der Waals surface area contributed by atoms with Crippen LogP contribution >= 0.6 is 0 Å². The second kappa shape index (κ2) is 7.51. The highest BCUT2D eigenvalue weighted by Crippen LogP contribution is 1.94. The Bertz CT molecular complexity index is 284. The number of imidazole rings is 1. The van der Waals surface area contributed by atoms with Crippen molar-refractivity contribution in [2.75, 3.05) is 6.61 Å². The Labute approximate surface area is 85.4 Å². The molecule has 0 aliphatic carbocycles. The van der Waals surface area contributed by atoms with E-state index >= 15 is 0 Å². The van der Waals surface area contributed by atoms with Crippen LogP contribution in [0.3, 0.4) is 0 Å². The third-order valence-corrected chi connectivity index (χ3v) is 1.33. The van der Waals surface area contributed by atoms with Crippen LogP contribution < -0.4 is 0 Å². The van der Waals surface area contributed by atoms with Crippen LogP contribution in [0.25, 0.3) is 0 Å². The Morgan fingerprint density at radius 1 is 1.33 bits per heavy atom. The third kappa shape index (κ3) is 7.20. The molecule has 1 heterocycles. The SMILES string of the molecule is O=C(O)C(=O)O.OCCCc1c[nH]cn1. The number of carboxylic acid groups (broad SMARTS) is 2. The van der Waals surface area contributed by atoms with Crippen LogP contribution in [0, 0.1) is 0 Å². The van der Waals surface area contributed by atoms with Gasteiger partial charge >= 0.3 is 11.9 Å². The fraction of sp³-hybridized carbons (Fsp3) is 0.375. The standard InChI is InChI=1S/C6H10N2O.C2H2O4/c9-3-1-2-6-4-7-5-8-6;3-1(4)2(5)6/h4-5,9H,1-3H2,(H,7,8);(H,3,4)(H,5,6). The zero-order chi connectivity index (χ0) is 11.7. The number of rotatable bonds is 3. The van der Waals surface area contributed by atoms with Gasteiger partial charge in [0.1, 0.15) is 0 Å². The van der Waals surface area contributed by atoms with E-state index in [1.165, 1.54) is 0 Å². The fourth-order valence-electron chi connectivity index (χ4n) is 0.688. The van der Waals surface area contributed by atoms with Crippen molar-refractivity contribution in [2.24, 2.45) is 0 Å². The van der Waals surface area contributed by atoms with Crippen LogP contribution in [0.5, 0.6) is 0 Å². The van der Waals surface area contributed by atoms with E-state index in [1.807, 2.05) is 6.20 Å². The topological polar surface area (TPSA) is 124 Å². The second-order valence-electron chi connectivity index (χ2n) is 2.50. The Kier molecular flexibility index (Phi) is 6.56. The van der Waals surface area contributed by atoms with E-state index in [4.69, 9.17) is 24.9 Å². The lowest BCUT2D eigenvalue weighted by molar-refractivity contribution is -0.159. The monoisotopic (exact) mass is 216 g/mol. The maximum absolute atomic E-state index is 9.10. The van der Waals surface area contributed by atoms with Crippen LogP contribution in [0.2, 0.25) is 0 Å². The highest BCUT2D eigenvalue weighted by Gasteiger charge is 2.04. The lowest BCUT2D eigenvalue weighted by Crippen LogP contribution is -2.09. The predicted molar refractivity (Wildman–Crippen MR) is 49.3 cm³/mol. The first-order valence-corrected chi connectivity index (χ1v) is 4.12. The molecule has 84 valence electrons. The van der Waals surface area contributed by atoms with Gasteiger partial charge in [-0.25, -0.2) is 14.6 Å². The van der Waals surface area contributed by atoms with Gasteiger partial charge in [-0.15, -0.1) is 0 Å². The minimum absolute atomic E-state index is 0.243. The molecule has 0 aromatic carbocycles. The molecule has 0 unspecified atom stereocenters. The Balaban J connectivity index is 0.000000288. The summed E-state index contributed by atoms with van der Waals surface area (Å²) in [6.07, 6.45) is 5.15. The Morgan fingerprint density at radius 3 is 2.27 bits per heavy atom. The molecule has 0 amide bonds. The van der Waals surface area contributed by atoms with Crippen LogP contribution in [0.4, 0.5) is 0 Å². The van der Waals surface area contributed by atoms with Gasteiger partial charge in [-0.1, -0.05) is 0 Å². The third-order valence-electron chi connectivity index (χ3n) is 1.33. The number of hydrogen-bond donors (Lipinski definition) is 4. The van der Waals surface area contributed by atoms with E-state index in [2.05, 4.69) is 9.97 Å².